The van der Waals surface area contributed by atoms with E-state index in [1.807, 2.05) is 38.1 Å². The van der Waals surface area contributed by atoms with Gasteiger partial charge in [0.2, 0.25) is 11.8 Å². The monoisotopic (exact) mass is 397 g/mol. The predicted octanol–water partition coefficient (Wildman–Crippen LogP) is 2.72. The largest absolute Gasteiger partial charge is 0.484 e. The molecular weight excluding hydrogens is 370 g/mol. The highest BCUT2D eigenvalue weighted by atomic mass is 16.5. The Morgan fingerprint density at radius 2 is 1.62 bits per heavy atom. The van der Waals surface area contributed by atoms with Gasteiger partial charge in [-0.2, -0.15) is 0 Å². The minimum Gasteiger partial charge on any atom is -0.484 e. The number of carbonyl (C=O) groups excluding carboxylic acids is 3. The van der Waals surface area contributed by atoms with Crippen molar-refractivity contribution in [3.63, 3.8) is 0 Å². The molecule has 1 atom stereocenters. The zero-order valence-corrected chi connectivity index (χ0v) is 17.0. The second-order valence-electron chi connectivity index (χ2n) is 6.68. The molecule has 7 nitrogen and oxygen atoms in total. The maximum atomic E-state index is 12.5. The third kappa shape index (κ3) is 7.65. The van der Waals surface area contributed by atoms with Gasteiger partial charge in [-0.25, -0.2) is 0 Å². The second-order valence-corrected chi connectivity index (χ2v) is 6.68. The molecule has 0 saturated carbocycles. The number of benzene rings is 2. The van der Waals surface area contributed by atoms with E-state index in [1.165, 1.54) is 6.92 Å². The van der Waals surface area contributed by atoms with Gasteiger partial charge in [0.1, 0.15) is 5.75 Å². The summed E-state index contributed by atoms with van der Waals surface area (Å²) < 4.78 is 5.38. The van der Waals surface area contributed by atoms with Gasteiger partial charge in [0.25, 0.3) is 5.91 Å². The minimum atomic E-state index is -0.409. The number of carbonyl (C=O) groups is 3. The van der Waals surface area contributed by atoms with E-state index in [-0.39, 0.29) is 30.7 Å². The van der Waals surface area contributed by atoms with Gasteiger partial charge in [0, 0.05) is 19.2 Å². The van der Waals surface area contributed by atoms with Crippen molar-refractivity contribution in [2.45, 2.75) is 33.2 Å². The second kappa shape index (κ2) is 10.8. The minimum absolute atomic E-state index is 0.0610. The Balaban J connectivity index is 1.94. The van der Waals surface area contributed by atoms with Gasteiger partial charge < -0.3 is 20.7 Å². The molecule has 0 aliphatic rings. The molecule has 0 saturated heterocycles. The van der Waals surface area contributed by atoms with Crippen molar-refractivity contribution in [3.05, 3.63) is 59.7 Å². The van der Waals surface area contributed by atoms with E-state index in [4.69, 9.17) is 4.74 Å². The van der Waals surface area contributed by atoms with E-state index in [1.54, 1.807) is 24.3 Å². The van der Waals surface area contributed by atoms with Crippen LogP contribution in [-0.2, 0) is 14.4 Å². The van der Waals surface area contributed by atoms with E-state index < -0.39 is 6.04 Å². The van der Waals surface area contributed by atoms with Crippen LogP contribution in [0.5, 0.6) is 5.75 Å². The van der Waals surface area contributed by atoms with Crippen molar-refractivity contribution in [1.82, 2.24) is 10.6 Å². The quantitative estimate of drug-likeness (QED) is 0.606. The number of likely N-dealkylation sites (N-methyl/N-ethyl adjacent to an activating group) is 1. The average Bonchev–Trinajstić information content (AvgIpc) is 2.67. The summed E-state index contributed by atoms with van der Waals surface area (Å²) in [5, 5.41) is 8.29. The third-order valence-electron chi connectivity index (χ3n) is 4.13. The lowest BCUT2D eigenvalue weighted by Crippen LogP contribution is -2.29. The van der Waals surface area contributed by atoms with Gasteiger partial charge in [-0.3, -0.25) is 14.4 Å². The van der Waals surface area contributed by atoms with Gasteiger partial charge in [0.05, 0.1) is 12.5 Å². The summed E-state index contributed by atoms with van der Waals surface area (Å²) in [5.74, 6) is -0.0765. The SMILES string of the molecule is CCNC(=O)COc1ccc(NC(=O)CC(NC(C)=O)c2ccc(C)cc2)cc1. The van der Waals surface area contributed by atoms with Crippen molar-refractivity contribution in [2.24, 2.45) is 0 Å². The van der Waals surface area contributed by atoms with E-state index in [2.05, 4.69) is 16.0 Å². The van der Waals surface area contributed by atoms with Crippen LogP contribution in [0.3, 0.4) is 0 Å². The standard InChI is InChI=1S/C22H27N3O4/c1-4-23-22(28)14-29-19-11-9-18(10-12-19)25-21(27)13-20(24-16(3)26)17-7-5-15(2)6-8-17/h5-12,20H,4,13-14H2,1-3H3,(H,23,28)(H,24,26)(H,25,27). The normalized spacial score (nSPS) is 11.3. The van der Waals surface area contributed by atoms with Gasteiger partial charge in [-0.15, -0.1) is 0 Å². The molecule has 0 heterocycles. The molecule has 0 bridgehead atoms. The van der Waals surface area contributed by atoms with Crippen molar-refractivity contribution < 1.29 is 19.1 Å². The van der Waals surface area contributed by atoms with Crippen LogP contribution in [0, 0.1) is 6.92 Å². The number of ether oxygens (including phenoxy) is 1. The van der Waals surface area contributed by atoms with Crippen LogP contribution in [0.1, 0.15) is 37.4 Å². The van der Waals surface area contributed by atoms with Crippen molar-refractivity contribution in [2.75, 3.05) is 18.5 Å². The Morgan fingerprint density at radius 1 is 0.966 bits per heavy atom. The highest BCUT2D eigenvalue weighted by Gasteiger charge is 2.17. The summed E-state index contributed by atoms with van der Waals surface area (Å²) in [7, 11) is 0. The van der Waals surface area contributed by atoms with Gasteiger partial charge in [0.15, 0.2) is 6.61 Å². The first kappa shape index (κ1) is 21.9. The van der Waals surface area contributed by atoms with Crippen molar-refractivity contribution >= 4 is 23.4 Å². The van der Waals surface area contributed by atoms with Crippen molar-refractivity contribution in [1.29, 1.82) is 0 Å². The van der Waals surface area contributed by atoms with Crippen molar-refractivity contribution in [3.8, 4) is 5.75 Å². The number of amides is 3. The third-order valence-corrected chi connectivity index (χ3v) is 4.13. The molecule has 0 aliphatic carbocycles. The van der Waals surface area contributed by atoms with E-state index in [0.29, 0.717) is 18.0 Å². The molecule has 0 aromatic heterocycles. The molecule has 2 aromatic rings. The van der Waals surface area contributed by atoms with Crippen LogP contribution in [-0.4, -0.2) is 30.9 Å². The lowest BCUT2D eigenvalue weighted by Gasteiger charge is -2.18. The van der Waals surface area contributed by atoms with Crippen LogP contribution < -0.4 is 20.7 Å². The zero-order valence-electron chi connectivity index (χ0n) is 17.0. The first-order valence-electron chi connectivity index (χ1n) is 9.50. The fourth-order valence-electron chi connectivity index (χ4n) is 2.73. The molecule has 3 amide bonds. The lowest BCUT2D eigenvalue weighted by atomic mass is 10.0. The molecule has 2 aromatic carbocycles. The van der Waals surface area contributed by atoms with Gasteiger partial charge >= 0.3 is 0 Å². The predicted molar refractivity (Wildman–Crippen MR) is 112 cm³/mol. The van der Waals surface area contributed by atoms with Crippen LogP contribution >= 0.6 is 0 Å². The summed E-state index contributed by atoms with van der Waals surface area (Å²) in [6.07, 6.45) is 0.109. The smallest absolute Gasteiger partial charge is 0.257 e. The molecule has 0 radical (unpaired) electrons. The van der Waals surface area contributed by atoms with E-state index in [0.717, 1.165) is 11.1 Å². The summed E-state index contributed by atoms with van der Waals surface area (Å²) in [5.41, 5.74) is 2.58. The maximum absolute atomic E-state index is 12.5. The van der Waals surface area contributed by atoms with E-state index in [9.17, 15) is 14.4 Å². The molecule has 0 fully saturated rings. The fraction of sp³-hybridized carbons (Fsp3) is 0.318. The van der Waals surface area contributed by atoms with Gasteiger partial charge in [-0.1, -0.05) is 29.8 Å². The molecule has 2 rings (SSSR count). The fourth-order valence-corrected chi connectivity index (χ4v) is 2.73. The number of hydrogen-bond donors (Lipinski definition) is 3. The zero-order chi connectivity index (χ0) is 21.2. The first-order chi connectivity index (χ1) is 13.9. The highest BCUT2D eigenvalue weighted by molar-refractivity contribution is 5.91. The Bertz CT molecular complexity index is 832. The summed E-state index contributed by atoms with van der Waals surface area (Å²) in [6.45, 7) is 5.74. The number of aryl methyl sites for hydroxylation is 1. The Kier molecular flexibility index (Phi) is 8.21. The molecule has 29 heavy (non-hydrogen) atoms. The van der Waals surface area contributed by atoms with Crippen LogP contribution in [0.4, 0.5) is 5.69 Å². The lowest BCUT2D eigenvalue weighted by molar-refractivity contribution is -0.123. The summed E-state index contributed by atoms with van der Waals surface area (Å²) >= 11 is 0. The molecule has 154 valence electrons. The van der Waals surface area contributed by atoms with Crippen LogP contribution in [0.15, 0.2) is 48.5 Å². The molecule has 0 aliphatic heterocycles. The molecule has 7 heteroatoms. The molecule has 3 N–H and O–H groups in total. The number of anilines is 1. The number of nitrogens with one attached hydrogen (secondary N) is 3. The van der Waals surface area contributed by atoms with Gasteiger partial charge in [-0.05, 0) is 43.7 Å². The maximum Gasteiger partial charge on any atom is 0.257 e. The summed E-state index contributed by atoms with van der Waals surface area (Å²) in [6, 6.07) is 14.1. The number of rotatable bonds is 9. The van der Waals surface area contributed by atoms with E-state index >= 15 is 0 Å². The Labute approximate surface area is 170 Å². The first-order valence-corrected chi connectivity index (χ1v) is 9.50. The summed E-state index contributed by atoms with van der Waals surface area (Å²) in [4.78, 5) is 35.4. The van der Waals surface area contributed by atoms with Crippen LogP contribution in [0.2, 0.25) is 0 Å². The Hall–Kier alpha value is -3.35. The average molecular weight is 397 g/mol. The number of hydrogen-bond acceptors (Lipinski definition) is 4. The highest BCUT2D eigenvalue weighted by Crippen LogP contribution is 2.20. The van der Waals surface area contributed by atoms with Crippen LogP contribution in [0.25, 0.3) is 0 Å². The molecular formula is C22H27N3O4. The topological polar surface area (TPSA) is 96.5 Å². The Morgan fingerprint density at radius 3 is 2.21 bits per heavy atom. The molecule has 1 unspecified atom stereocenters. The molecule has 0 spiro atoms.